The average molecular weight is 328 g/mol. The van der Waals surface area contributed by atoms with Crippen molar-refractivity contribution in [3.8, 4) is 17.2 Å². The second-order valence-corrected chi connectivity index (χ2v) is 6.25. The lowest BCUT2D eigenvalue weighted by Crippen LogP contribution is -1.93. The molecule has 0 amide bonds. The Labute approximate surface area is 144 Å². The quantitative estimate of drug-likeness (QED) is 0.345. The van der Waals surface area contributed by atoms with E-state index in [1.54, 1.807) is 20.3 Å². The van der Waals surface area contributed by atoms with Crippen molar-refractivity contribution in [3.63, 3.8) is 0 Å². The maximum absolute atomic E-state index is 10.4. The van der Waals surface area contributed by atoms with Crippen LogP contribution in [0.1, 0.15) is 0 Å². The molecule has 0 aliphatic carbocycles. The molecule has 122 valence electrons. The fourth-order valence-corrected chi connectivity index (χ4v) is 4.05. The van der Waals surface area contributed by atoms with Gasteiger partial charge in [-0.1, -0.05) is 24.3 Å². The number of benzene rings is 5. The van der Waals surface area contributed by atoms with Crippen molar-refractivity contribution in [2.24, 2.45) is 0 Å². The normalized spacial score (nSPS) is 11.8. The Morgan fingerprint density at radius 3 is 2.08 bits per heavy atom. The summed E-state index contributed by atoms with van der Waals surface area (Å²) in [6.45, 7) is 0. The fourth-order valence-electron chi connectivity index (χ4n) is 4.05. The lowest BCUT2D eigenvalue weighted by atomic mass is 9.89. The van der Waals surface area contributed by atoms with Gasteiger partial charge >= 0.3 is 0 Å². The van der Waals surface area contributed by atoms with Gasteiger partial charge in [-0.25, -0.2) is 0 Å². The summed E-state index contributed by atoms with van der Waals surface area (Å²) in [6, 6.07) is 17.9. The summed E-state index contributed by atoms with van der Waals surface area (Å²) in [4.78, 5) is 0. The Morgan fingerprint density at radius 2 is 1.32 bits per heavy atom. The molecule has 0 fully saturated rings. The number of hydrogen-bond acceptors (Lipinski definition) is 3. The van der Waals surface area contributed by atoms with Crippen LogP contribution in [0.25, 0.3) is 43.1 Å². The lowest BCUT2D eigenvalue weighted by Gasteiger charge is -2.18. The molecule has 0 bridgehead atoms. The van der Waals surface area contributed by atoms with Crippen molar-refractivity contribution in [2.75, 3.05) is 14.2 Å². The number of fused-ring (bicyclic) bond motifs is 2. The van der Waals surface area contributed by atoms with Gasteiger partial charge in [0.05, 0.1) is 14.2 Å². The zero-order chi connectivity index (χ0) is 17.1. The van der Waals surface area contributed by atoms with Gasteiger partial charge in [0.1, 0.15) is 17.2 Å². The van der Waals surface area contributed by atoms with Gasteiger partial charge in [0, 0.05) is 32.3 Å². The van der Waals surface area contributed by atoms with Crippen LogP contribution in [0, 0.1) is 0 Å². The highest BCUT2D eigenvalue weighted by atomic mass is 16.5. The van der Waals surface area contributed by atoms with Crippen LogP contribution in [0.2, 0.25) is 0 Å². The molecular weight excluding hydrogens is 312 g/mol. The third kappa shape index (κ3) is 1.70. The van der Waals surface area contributed by atoms with E-state index in [1.807, 2.05) is 30.3 Å². The molecule has 0 aliphatic rings. The van der Waals surface area contributed by atoms with E-state index >= 15 is 0 Å². The summed E-state index contributed by atoms with van der Waals surface area (Å²) in [5, 5.41) is 18.6. The van der Waals surface area contributed by atoms with Crippen molar-refractivity contribution in [2.45, 2.75) is 0 Å². The number of ether oxygens (including phenoxy) is 2. The second kappa shape index (κ2) is 4.90. The summed E-state index contributed by atoms with van der Waals surface area (Å²) in [5.74, 6) is 1.94. The number of aromatic hydroxyl groups is 1. The molecule has 5 aromatic carbocycles. The highest BCUT2D eigenvalue weighted by Crippen LogP contribution is 2.48. The summed E-state index contributed by atoms with van der Waals surface area (Å²) in [7, 11) is 3.39. The highest BCUT2D eigenvalue weighted by Gasteiger charge is 2.19. The molecule has 0 radical (unpaired) electrons. The van der Waals surface area contributed by atoms with Crippen molar-refractivity contribution in [1.82, 2.24) is 0 Å². The molecule has 3 heteroatoms. The predicted octanol–water partition coefficient (Wildman–Crippen LogP) is 5.46. The van der Waals surface area contributed by atoms with E-state index in [-0.39, 0.29) is 5.75 Å². The van der Waals surface area contributed by atoms with Crippen LogP contribution >= 0.6 is 0 Å². The van der Waals surface area contributed by atoms with Crippen molar-refractivity contribution in [3.05, 3.63) is 54.6 Å². The first kappa shape index (κ1) is 14.2. The molecule has 5 rings (SSSR count). The summed E-state index contributed by atoms with van der Waals surface area (Å²) in [6.07, 6.45) is 0. The Hall–Kier alpha value is -3.20. The standard InChI is InChI=1S/C22H16O3/c1-24-19-11-17-12-5-3-4-6-13(12)22(25-2)16-8-7-14-18(23)10-9-15(19)20(14)21(16)17/h3-11,23H,1-2H3. The van der Waals surface area contributed by atoms with Crippen LogP contribution in [-0.2, 0) is 0 Å². The maximum atomic E-state index is 10.4. The van der Waals surface area contributed by atoms with Gasteiger partial charge in [0.15, 0.2) is 0 Å². The van der Waals surface area contributed by atoms with Crippen LogP contribution in [-0.4, -0.2) is 19.3 Å². The highest BCUT2D eigenvalue weighted by molar-refractivity contribution is 6.32. The summed E-state index contributed by atoms with van der Waals surface area (Å²) < 4.78 is 11.4. The van der Waals surface area contributed by atoms with E-state index in [1.165, 1.54) is 0 Å². The first-order valence-corrected chi connectivity index (χ1v) is 8.17. The molecule has 0 spiro atoms. The van der Waals surface area contributed by atoms with Crippen LogP contribution in [0.3, 0.4) is 0 Å². The minimum atomic E-state index is 0.274. The topological polar surface area (TPSA) is 38.7 Å². The van der Waals surface area contributed by atoms with Gasteiger partial charge in [-0.15, -0.1) is 0 Å². The van der Waals surface area contributed by atoms with Gasteiger partial charge < -0.3 is 14.6 Å². The van der Waals surface area contributed by atoms with Crippen molar-refractivity contribution in [1.29, 1.82) is 0 Å². The van der Waals surface area contributed by atoms with E-state index in [2.05, 4.69) is 18.2 Å². The zero-order valence-corrected chi connectivity index (χ0v) is 14.0. The molecule has 0 unspecified atom stereocenters. The zero-order valence-electron chi connectivity index (χ0n) is 14.0. The van der Waals surface area contributed by atoms with Crippen molar-refractivity contribution >= 4 is 43.1 Å². The van der Waals surface area contributed by atoms with Crippen LogP contribution in [0.15, 0.2) is 54.6 Å². The molecule has 1 N–H and O–H groups in total. The molecule has 0 saturated heterocycles. The van der Waals surface area contributed by atoms with E-state index in [0.29, 0.717) is 0 Å². The second-order valence-electron chi connectivity index (χ2n) is 6.25. The smallest absolute Gasteiger partial charge is 0.134 e. The first-order valence-electron chi connectivity index (χ1n) is 8.17. The molecule has 0 saturated carbocycles. The van der Waals surface area contributed by atoms with Gasteiger partial charge in [-0.05, 0) is 41.1 Å². The lowest BCUT2D eigenvalue weighted by molar-refractivity contribution is 0.420. The molecule has 0 heterocycles. The van der Waals surface area contributed by atoms with Gasteiger partial charge in [0.25, 0.3) is 0 Å². The van der Waals surface area contributed by atoms with Gasteiger partial charge in [-0.3, -0.25) is 0 Å². The van der Waals surface area contributed by atoms with Crippen LogP contribution < -0.4 is 9.47 Å². The van der Waals surface area contributed by atoms with E-state index in [0.717, 1.165) is 54.6 Å². The minimum Gasteiger partial charge on any atom is -0.507 e. The molecule has 0 atom stereocenters. The van der Waals surface area contributed by atoms with E-state index < -0.39 is 0 Å². The Morgan fingerprint density at radius 1 is 0.640 bits per heavy atom. The van der Waals surface area contributed by atoms with Gasteiger partial charge in [-0.2, -0.15) is 0 Å². The number of phenolic OH excluding ortho intramolecular Hbond substituents is 1. The predicted molar refractivity (Wildman–Crippen MR) is 102 cm³/mol. The SMILES string of the molecule is COc1cc2c3ccccc3c(OC)c3ccc4c(O)ccc1c4c32. The number of phenols is 1. The van der Waals surface area contributed by atoms with Crippen LogP contribution in [0.4, 0.5) is 0 Å². The molecular formula is C22H16O3. The molecule has 0 aliphatic heterocycles. The Balaban J connectivity index is 2.22. The maximum Gasteiger partial charge on any atom is 0.134 e. The number of methoxy groups -OCH3 is 2. The van der Waals surface area contributed by atoms with Crippen LogP contribution in [0.5, 0.6) is 17.2 Å². The monoisotopic (exact) mass is 328 g/mol. The minimum absolute atomic E-state index is 0.274. The molecule has 5 aromatic rings. The van der Waals surface area contributed by atoms with E-state index in [4.69, 9.17) is 9.47 Å². The molecule has 25 heavy (non-hydrogen) atoms. The Bertz CT molecular complexity index is 1270. The third-order valence-electron chi connectivity index (χ3n) is 5.10. The summed E-state index contributed by atoms with van der Waals surface area (Å²) in [5.41, 5.74) is 0. The van der Waals surface area contributed by atoms with E-state index in [9.17, 15) is 5.11 Å². The average Bonchev–Trinajstić information content (AvgIpc) is 2.66. The Kier molecular flexibility index (Phi) is 2.78. The van der Waals surface area contributed by atoms with Gasteiger partial charge in [0.2, 0.25) is 0 Å². The largest absolute Gasteiger partial charge is 0.507 e. The fraction of sp³-hybridized carbons (Fsp3) is 0.0909. The summed E-state index contributed by atoms with van der Waals surface area (Å²) >= 11 is 0. The third-order valence-corrected chi connectivity index (χ3v) is 5.10. The molecule has 0 aromatic heterocycles. The first-order chi connectivity index (χ1) is 12.2. The number of hydrogen-bond donors (Lipinski definition) is 1. The number of rotatable bonds is 2. The van der Waals surface area contributed by atoms with Crippen molar-refractivity contribution < 1.29 is 14.6 Å². The molecule has 3 nitrogen and oxygen atoms in total.